The number of rotatable bonds is 0. The van der Waals surface area contributed by atoms with Crippen LogP contribution in [-0.2, 0) is 6.42 Å². The molecule has 0 saturated carbocycles. The Balaban J connectivity index is 2.44. The summed E-state index contributed by atoms with van der Waals surface area (Å²) in [5, 5.41) is 0.224. The zero-order valence-corrected chi connectivity index (χ0v) is 7.01. The third-order valence-electron chi connectivity index (χ3n) is 2.18. The minimum atomic E-state index is 0.224. The van der Waals surface area contributed by atoms with Gasteiger partial charge in [-0.15, -0.1) is 11.6 Å². The van der Waals surface area contributed by atoms with E-state index in [1.54, 1.807) is 0 Å². The third-order valence-corrected chi connectivity index (χ3v) is 2.64. The number of pyridine rings is 1. The van der Waals surface area contributed by atoms with Crippen LogP contribution >= 0.6 is 11.6 Å². The van der Waals surface area contributed by atoms with E-state index in [4.69, 9.17) is 11.6 Å². The quantitative estimate of drug-likeness (QED) is 0.542. The number of nitrogens with zero attached hydrogens (tertiary/aromatic N) is 1. The second kappa shape index (κ2) is 2.82. The van der Waals surface area contributed by atoms with Crippen molar-refractivity contribution in [1.82, 2.24) is 4.98 Å². The van der Waals surface area contributed by atoms with Crippen LogP contribution in [0.2, 0.25) is 0 Å². The van der Waals surface area contributed by atoms with Crippen LogP contribution in [0.15, 0.2) is 18.5 Å². The molecule has 0 aromatic carbocycles. The Bertz CT molecular complexity index is 259. The number of hydrogen-bond acceptors (Lipinski definition) is 1. The average molecular weight is 168 g/mol. The lowest BCUT2D eigenvalue weighted by Crippen LogP contribution is -2.05. The van der Waals surface area contributed by atoms with E-state index in [1.165, 1.54) is 17.5 Å². The molecule has 2 rings (SSSR count). The topological polar surface area (TPSA) is 12.9 Å². The SMILES string of the molecule is Cl[C@H]1CCCc2cnccc21. The van der Waals surface area contributed by atoms with Crippen molar-refractivity contribution in [2.45, 2.75) is 24.6 Å². The molecule has 1 atom stereocenters. The minimum absolute atomic E-state index is 0.224. The smallest absolute Gasteiger partial charge is 0.0589 e. The van der Waals surface area contributed by atoms with E-state index in [2.05, 4.69) is 4.98 Å². The summed E-state index contributed by atoms with van der Waals surface area (Å²) in [6.07, 6.45) is 7.21. The molecule has 0 bridgehead atoms. The second-order valence-electron chi connectivity index (χ2n) is 2.93. The van der Waals surface area contributed by atoms with Gasteiger partial charge in [-0.25, -0.2) is 0 Å². The Kier molecular flexibility index (Phi) is 1.82. The minimum Gasteiger partial charge on any atom is -0.264 e. The van der Waals surface area contributed by atoms with Gasteiger partial charge in [0, 0.05) is 12.4 Å². The molecule has 0 fully saturated rings. The van der Waals surface area contributed by atoms with Gasteiger partial charge in [0.2, 0.25) is 0 Å². The fourth-order valence-electron chi connectivity index (χ4n) is 1.58. The Morgan fingerprint density at radius 3 is 3.27 bits per heavy atom. The van der Waals surface area contributed by atoms with Crippen LogP contribution in [0, 0.1) is 0 Å². The van der Waals surface area contributed by atoms with Gasteiger partial charge in [0.25, 0.3) is 0 Å². The Morgan fingerprint density at radius 2 is 2.45 bits per heavy atom. The van der Waals surface area contributed by atoms with Crippen molar-refractivity contribution in [3.8, 4) is 0 Å². The van der Waals surface area contributed by atoms with Gasteiger partial charge in [-0.1, -0.05) is 0 Å². The van der Waals surface area contributed by atoms with E-state index in [1.807, 2.05) is 18.5 Å². The molecular formula is C9H10ClN. The predicted octanol–water partition coefficient (Wildman–Crippen LogP) is 2.70. The van der Waals surface area contributed by atoms with Gasteiger partial charge in [-0.05, 0) is 36.5 Å². The highest BCUT2D eigenvalue weighted by Gasteiger charge is 2.16. The average Bonchev–Trinajstić information content (AvgIpc) is 2.06. The molecule has 1 aliphatic rings. The summed E-state index contributed by atoms with van der Waals surface area (Å²) in [6.45, 7) is 0. The Hall–Kier alpha value is -0.560. The summed E-state index contributed by atoms with van der Waals surface area (Å²) in [7, 11) is 0. The fourth-order valence-corrected chi connectivity index (χ4v) is 1.95. The number of aromatic nitrogens is 1. The molecule has 0 unspecified atom stereocenters. The van der Waals surface area contributed by atoms with Crippen molar-refractivity contribution in [2.75, 3.05) is 0 Å². The first-order valence-electron chi connectivity index (χ1n) is 3.95. The summed E-state index contributed by atoms with van der Waals surface area (Å²) >= 11 is 6.12. The predicted molar refractivity (Wildman–Crippen MR) is 45.8 cm³/mol. The highest BCUT2D eigenvalue weighted by molar-refractivity contribution is 6.21. The first-order valence-corrected chi connectivity index (χ1v) is 4.38. The lowest BCUT2D eigenvalue weighted by atomic mass is 9.93. The van der Waals surface area contributed by atoms with E-state index >= 15 is 0 Å². The summed E-state index contributed by atoms with van der Waals surface area (Å²) < 4.78 is 0. The molecular weight excluding hydrogens is 158 g/mol. The molecule has 0 aliphatic heterocycles. The van der Waals surface area contributed by atoms with E-state index in [0.717, 1.165) is 12.8 Å². The second-order valence-corrected chi connectivity index (χ2v) is 3.46. The van der Waals surface area contributed by atoms with Gasteiger partial charge in [0.15, 0.2) is 0 Å². The maximum absolute atomic E-state index is 6.12. The summed E-state index contributed by atoms with van der Waals surface area (Å²) in [5.74, 6) is 0. The third kappa shape index (κ3) is 1.25. The van der Waals surface area contributed by atoms with Crippen LogP contribution in [0.25, 0.3) is 0 Å². The zero-order valence-electron chi connectivity index (χ0n) is 6.26. The van der Waals surface area contributed by atoms with Crippen LogP contribution in [0.4, 0.5) is 0 Å². The first-order chi connectivity index (χ1) is 5.38. The van der Waals surface area contributed by atoms with Gasteiger partial charge in [0.1, 0.15) is 0 Å². The fraction of sp³-hybridized carbons (Fsp3) is 0.444. The summed E-state index contributed by atoms with van der Waals surface area (Å²) in [6, 6.07) is 2.03. The van der Waals surface area contributed by atoms with Crippen molar-refractivity contribution < 1.29 is 0 Å². The van der Waals surface area contributed by atoms with Crippen LogP contribution in [-0.4, -0.2) is 4.98 Å². The van der Waals surface area contributed by atoms with E-state index in [0.29, 0.717) is 0 Å². The Morgan fingerprint density at radius 1 is 1.55 bits per heavy atom. The molecule has 1 nitrogen and oxygen atoms in total. The monoisotopic (exact) mass is 167 g/mol. The van der Waals surface area contributed by atoms with Crippen molar-refractivity contribution in [3.05, 3.63) is 29.6 Å². The number of hydrogen-bond donors (Lipinski definition) is 0. The standard InChI is InChI=1S/C9H10ClN/c10-9-3-1-2-7-6-11-5-4-8(7)9/h4-6,9H,1-3H2/t9-/m0/s1. The lowest BCUT2D eigenvalue weighted by Gasteiger charge is -2.19. The first kappa shape index (κ1) is 7.11. The molecule has 11 heavy (non-hydrogen) atoms. The highest BCUT2D eigenvalue weighted by Crippen LogP contribution is 2.33. The largest absolute Gasteiger partial charge is 0.264 e. The van der Waals surface area contributed by atoms with Gasteiger partial charge in [0.05, 0.1) is 5.38 Å². The van der Waals surface area contributed by atoms with Crippen LogP contribution in [0.5, 0.6) is 0 Å². The molecule has 58 valence electrons. The Labute approximate surface area is 71.4 Å². The molecule has 1 heterocycles. The van der Waals surface area contributed by atoms with E-state index in [-0.39, 0.29) is 5.38 Å². The van der Waals surface area contributed by atoms with Crippen molar-refractivity contribution in [3.63, 3.8) is 0 Å². The van der Waals surface area contributed by atoms with Gasteiger partial charge >= 0.3 is 0 Å². The highest BCUT2D eigenvalue weighted by atomic mass is 35.5. The van der Waals surface area contributed by atoms with Gasteiger partial charge in [-0.3, -0.25) is 4.98 Å². The summed E-state index contributed by atoms with van der Waals surface area (Å²) in [5.41, 5.74) is 2.62. The van der Waals surface area contributed by atoms with Crippen LogP contribution in [0.1, 0.15) is 29.3 Å². The van der Waals surface area contributed by atoms with Crippen molar-refractivity contribution >= 4 is 11.6 Å². The van der Waals surface area contributed by atoms with E-state index in [9.17, 15) is 0 Å². The van der Waals surface area contributed by atoms with E-state index < -0.39 is 0 Å². The molecule has 0 N–H and O–H groups in total. The number of fused-ring (bicyclic) bond motifs is 1. The van der Waals surface area contributed by atoms with Crippen LogP contribution < -0.4 is 0 Å². The van der Waals surface area contributed by atoms with Crippen LogP contribution in [0.3, 0.4) is 0 Å². The lowest BCUT2D eigenvalue weighted by molar-refractivity contribution is 0.664. The molecule has 1 aromatic rings. The van der Waals surface area contributed by atoms with Gasteiger partial charge < -0.3 is 0 Å². The van der Waals surface area contributed by atoms with Crippen molar-refractivity contribution in [1.29, 1.82) is 0 Å². The molecule has 0 radical (unpaired) electrons. The molecule has 1 aliphatic carbocycles. The normalized spacial score (nSPS) is 22.8. The molecule has 0 saturated heterocycles. The molecule has 1 aromatic heterocycles. The van der Waals surface area contributed by atoms with Crippen molar-refractivity contribution in [2.24, 2.45) is 0 Å². The number of halogens is 1. The number of alkyl halides is 1. The van der Waals surface area contributed by atoms with Gasteiger partial charge in [-0.2, -0.15) is 0 Å². The molecule has 0 amide bonds. The molecule has 2 heteroatoms. The summed E-state index contributed by atoms with van der Waals surface area (Å²) in [4.78, 5) is 4.07. The maximum Gasteiger partial charge on any atom is 0.0589 e. The zero-order chi connectivity index (χ0) is 7.68. The number of aryl methyl sites for hydroxylation is 1. The maximum atomic E-state index is 6.12. The molecule has 0 spiro atoms.